The van der Waals surface area contributed by atoms with Crippen LogP contribution in [0, 0.1) is 5.82 Å². The molecule has 0 saturated heterocycles. The van der Waals surface area contributed by atoms with Gasteiger partial charge in [-0.2, -0.15) is 0 Å². The molecule has 0 aliphatic heterocycles. The maximum absolute atomic E-state index is 13.0. The number of nitrogens with zero attached hydrogens (tertiary/aromatic N) is 1. The third-order valence-electron chi connectivity index (χ3n) is 3.00. The van der Waals surface area contributed by atoms with Crippen molar-refractivity contribution in [2.45, 2.75) is 32.4 Å². The normalized spacial score (nSPS) is 13.7. The van der Waals surface area contributed by atoms with Crippen LogP contribution in [0.2, 0.25) is 5.02 Å². The first-order chi connectivity index (χ1) is 9.31. The third kappa shape index (κ3) is 4.98. The van der Waals surface area contributed by atoms with E-state index in [1.54, 1.807) is 27.0 Å². The summed E-state index contributed by atoms with van der Waals surface area (Å²) in [5.74, 6) is -0.411. The largest absolute Gasteiger partial charge is 0.393 e. The van der Waals surface area contributed by atoms with Gasteiger partial charge >= 0.3 is 6.03 Å². The zero-order valence-corrected chi connectivity index (χ0v) is 12.6. The van der Waals surface area contributed by atoms with Gasteiger partial charge in [0.2, 0.25) is 0 Å². The minimum Gasteiger partial charge on any atom is -0.393 e. The second kappa shape index (κ2) is 7.45. The standard InChI is InChI=1S/C14H20ClFN2O2/c1-9(19)6-7-18(3)14(20)17-10(2)12-5-4-11(16)8-13(12)15/h4-5,8-10,19H,6-7H2,1-3H3,(H,17,20). The van der Waals surface area contributed by atoms with Gasteiger partial charge in [-0.05, 0) is 38.0 Å². The number of carbonyl (C=O) groups excluding carboxylic acids is 1. The molecular weight excluding hydrogens is 283 g/mol. The predicted molar refractivity (Wildman–Crippen MR) is 77.3 cm³/mol. The van der Waals surface area contributed by atoms with Gasteiger partial charge in [0.15, 0.2) is 0 Å². The quantitative estimate of drug-likeness (QED) is 0.878. The lowest BCUT2D eigenvalue weighted by molar-refractivity contribution is 0.162. The van der Waals surface area contributed by atoms with Crippen molar-refractivity contribution >= 4 is 17.6 Å². The second-order valence-corrected chi connectivity index (χ2v) is 5.30. The molecule has 2 N–H and O–H groups in total. The molecule has 6 heteroatoms. The molecule has 0 saturated carbocycles. The van der Waals surface area contributed by atoms with Crippen LogP contribution in [0.4, 0.5) is 9.18 Å². The molecule has 112 valence electrons. The lowest BCUT2D eigenvalue weighted by Gasteiger charge is -2.22. The van der Waals surface area contributed by atoms with E-state index in [1.807, 2.05) is 0 Å². The molecule has 2 unspecified atom stereocenters. The zero-order valence-electron chi connectivity index (χ0n) is 11.9. The zero-order chi connectivity index (χ0) is 15.3. The second-order valence-electron chi connectivity index (χ2n) is 4.90. The van der Waals surface area contributed by atoms with Gasteiger partial charge in [0.25, 0.3) is 0 Å². The molecule has 1 aromatic rings. The SMILES string of the molecule is CC(O)CCN(C)C(=O)NC(C)c1ccc(F)cc1Cl. The summed E-state index contributed by atoms with van der Waals surface area (Å²) in [5, 5.41) is 12.3. The summed E-state index contributed by atoms with van der Waals surface area (Å²) in [6, 6.07) is 3.49. The van der Waals surface area contributed by atoms with E-state index in [-0.39, 0.29) is 17.1 Å². The summed E-state index contributed by atoms with van der Waals surface area (Å²) < 4.78 is 13.0. The van der Waals surface area contributed by atoms with Gasteiger partial charge in [-0.25, -0.2) is 9.18 Å². The smallest absolute Gasteiger partial charge is 0.317 e. The van der Waals surface area contributed by atoms with Gasteiger partial charge in [-0.15, -0.1) is 0 Å². The number of aliphatic hydroxyl groups is 1. The first-order valence-corrected chi connectivity index (χ1v) is 6.83. The number of benzene rings is 1. The van der Waals surface area contributed by atoms with Crippen LogP contribution in [0.15, 0.2) is 18.2 Å². The summed E-state index contributed by atoms with van der Waals surface area (Å²) in [6.07, 6.45) is 0.0597. The van der Waals surface area contributed by atoms with Gasteiger partial charge < -0.3 is 15.3 Å². The van der Waals surface area contributed by atoms with Crippen molar-refractivity contribution in [2.75, 3.05) is 13.6 Å². The summed E-state index contributed by atoms with van der Waals surface area (Å²) in [4.78, 5) is 13.4. The van der Waals surface area contributed by atoms with Gasteiger partial charge in [-0.1, -0.05) is 17.7 Å². The lowest BCUT2D eigenvalue weighted by Crippen LogP contribution is -2.39. The van der Waals surface area contributed by atoms with E-state index < -0.39 is 11.9 Å². The Labute approximate surface area is 123 Å². The fourth-order valence-corrected chi connectivity index (χ4v) is 2.04. The minimum atomic E-state index is -0.450. The van der Waals surface area contributed by atoms with Crippen LogP contribution in [0.25, 0.3) is 0 Å². The first kappa shape index (κ1) is 16.7. The Kier molecular flexibility index (Phi) is 6.23. The molecule has 0 bridgehead atoms. The summed E-state index contributed by atoms with van der Waals surface area (Å²) in [6.45, 7) is 3.90. The van der Waals surface area contributed by atoms with Crippen LogP contribution in [-0.2, 0) is 0 Å². The molecule has 1 aromatic carbocycles. The third-order valence-corrected chi connectivity index (χ3v) is 3.33. The van der Waals surface area contributed by atoms with Gasteiger partial charge in [0.1, 0.15) is 5.82 Å². The Balaban J connectivity index is 2.60. The van der Waals surface area contributed by atoms with Crippen molar-refractivity contribution < 1.29 is 14.3 Å². The fourth-order valence-electron chi connectivity index (χ4n) is 1.71. The molecule has 1 rings (SSSR count). The number of urea groups is 1. The van der Waals surface area contributed by atoms with Crippen molar-refractivity contribution in [3.05, 3.63) is 34.6 Å². The highest BCUT2D eigenvalue weighted by Gasteiger charge is 2.16. The van der Waals surface area contributed by atoms with Crippen LogP contribution >= 0.6 is 11.6 Å². The van der Waals surface area contributed by atoms with Crippen LogP contribution in [0.5, 0.6) is 0 Å². The van der Waals surface area contributed by atoms with Gasteiger partial charge in [-0.3, -0.25) is 0 Å². The number of amides is 2. The molecule has 0 spiro atoms. The van der Waals surface area contributed by atoms with Crippen molar-refractivity contribution in [1.82, 2.24) is 10.2 Å². The predicted octanol–water partition coefficient (Wildman–Crippen LogP) is 2.95. The highest BCUT2D eigenvalue weighted by molar-refractivity contribution is 6.31. The number of halogens is 2. The van der Waals surface area contributed by atoms with E-state index in [2.05, 4.69) is 5.32 Å². The Hall–Kier alpha value is -1.33. The summed E-state index contributed by atoms with van der Waals surface area (Å²) in [5.41, 5.74) is 0.658. The van der Waals surface area contributed by atoms with Gasteiger partial charge in [0.05, 0.1) is 12.1 Å². The van der Waals surface area contributed by atoms with E-state index in [1.165, 1.54) is 17.0 Å². The van der Waals surface area contributed by atoms with Crippen LogP contribution in [0.1, 0.15) is 31.9 Å². The number of carbonyl (C=O) groups is 1. The molecule has 20 heavy (non-hydrogen) atoms. The molecule has 0 aliphatic carbocycles. The Morgan fingerprint density at radius 3 is 2.70 bits per heavy atom. The van der Waals surface area contributed by atoms with Crippen LogP contribution in [0.3, 0.4) is 0 Å². The van der Waals surface area contributed by atoms with Crippen LogP contribution in [-0.4, -0.2) is 35.7 Å². The maximum atomic E-state index is 13.0. The Bertz CT molecular complexity index is 468. The number of rotatable bonds is 5. The molecular formula is C14H20ClFN2O2. The highest BCUT2D eigenvalue weighted by atomic mass is 35.5. The van der Waals surface area contributed by atoms with Crippen LogP contribution < -0.4 is 5.32 Å². The number of aliphatic hydroxyl groups excluding tert-OH is 1. The molecule has 0 radical (unpaired) electrons. The minimum absolute atomic E-state index is 0.265. The monoisotopic (exact) mass is 302 g/mol. The number of nitrogens with one attached hydrogen (secondary N) is 1. The van der Waals surface area contributed by atoms with Gasteiger partial charge in [0, 0.05) is 18.6 Å². The highest BCUT2D eigenvalue weighted by Crippen LogP contribution is 2.23. The summed E-state index contributed by atoms with van der Waals surface area (Å²) >= 11 is 5.95. The summed E-state index contributed by atoms with van der Waals surface area (Å²) in [7, 11) is 1.65. The first-order valence-electron chi connectivity index (χ1n) is 6.46. The average molecular weight is 303 g/mol. The van der Waals surface area contributed by atoms with Crippen molar-refractivity contribution in [3.8, 4) is 0 Å². The molecule has 2 amide bonds. The van der Waals surface area contributed by atoms with E-state index in [0.29, 0.717) is 18.5 Å². The maximum Gasteiger partial charge on any atom is 0.317 e. The van der Waals surface area contributed by atoms with E-state index in [9.17, 15) is 14.3 Å². The molecule has 0 fully saturated rings. The molecule has 2 atom stereocenters. The Morgan fingerprint density at radius 2 is 2.15 bits per heavy atom. The van der Waals surface area contributed by atoms with Crippen molar-refractivity contribution in [2.24, 2.45) is 0 Å². The lowest BCUT2D eigenvalue weighted by atomic mass is 10.1. The fraction of sp³-hybridized carbons (Fsp3) is 0.500. The van der Waals surface area contributed by atoms with E-state index in [4.69, 9.17) is 11.6 Å². The average Bonchev–Trinajstić information content (AvgIpc) is 2.35. The van der Waals surface area contributed by atoms with E-state index in [0.717, 1.165) is 0 Å². The molecule has 0 heterocycles. The number of hydrogen-bond acceptors (Lipinski definition) is 2. The molecule has 0 aromatic heterocycles. The Morgan fingerprint density at radius 1 is 1.50 bits per heavy atom. The van der Waals surface area contributed by atoms with E-state index >= 15 is 0 Å². The molecule has 0 aliphatic rings. The topological polar surface area (TPSA) is 52.6 Å². The number of hydrogen-bond donors (Lipinski definition) is 2. The molecule has 4 nitrogen and oxygen atoms in total. The van der Waals surface area contributed by atoms with Crippen molar-refractivity contribution in [3.63, 3.8) is 0 Å². The van der Waals surface area contributed by atoms with Crippen molar-refractivity contribution in [1.29, 1.82) is 0 Å².